The summed E-state index contributed by atoms with van der Waals surface area (Å²) in [7, 11) is 1.47. The molecule has 25 heavy (non-hydrogen) atoms. The molecule has 0 aliphatic carbocycles. The third kappa shape index (κ3) is 10.6. The van der Waals surface area contributed by atoms with Gasteiger partial charge in [-0.15, -0.1) is 0 Å². The summed E-state index contributed by atoms with van der Waals surface area (Å²) in [6, 6.07) is 0. The normalized spacial score (nSPS) is 15.4. The van der Waals surface area contributed by atoms with E-state index in [0.717, 1.165) is 0 Å². The Morgan fingerprint density at radius 2 is 1.04 bits per heavy atom. The zero-order chi connectivity index (χ0) is 20.4. The fraction of sp³-hybridized carbons (Fsp3) is 1.00. The van der Waals surface area contributed by atoms with Crippen molar-refractivity contribution in [2.24, 2.45) is 10.8 Å². The zero-order valence-electron chi connectivity index (χ0n) is 17.8. The fourth-order valence-electron chi connectivity index (χ4n) is 1.54. The molecule has 0 heterocycles. The maximum atomic E-state index is 9.37. The first-order valence-corrected chi connectivity index (χ1v) is 11.6. The lowest BCUT2D eigenvalue weighted by atomic mass is 9.95. The van der Waals surface area contributed by atoms with Gasteiger partial charge < -0.3 is 29.2 Å². The Hall–Kier alpha value is -0.0231. The van der Waals surface area contributed by atoms with Crippen molar-refractivity contribution in [3.8, 4) is 0 Å². The van der Waals surface area contributed by atoms with Crippen LogP contribution >= 0.6 is 0 Å². The topological polar surface area (TPSA) is 88.4 Å². The second-order valence-corrected chi connectivity index (χ2v) is 13.8. The largest absolute Gasteiger partial charge is 0.416 e. The van der Waals surface area contributed by atoms with Crippen molar-refractivity contribution in [3.05, 3.63) is 0 Å². The molecule has 0 aliphatic rings. The van der Waals surface area contributed by atoms with Gasteiger partial charge in [0.25, 0.3) is 0 Å². The number of methoxy groups -OCH3 is 2. The molecule has 0 spiro atoms. The quantitative estimate of drug-likeness (QED) is 0.502. The molecule has 0 saturated carbocycles. The predicted molar refractivity (Wildman–Crippen MR) is 104 cm³/mol. The molecule has 0 rings (SSSR count). The Morgan fingerprint density at radius 1 is 0.680 bits per heavy atom. The van der Waals surface area contributed by atoms with E-state index in [1.165, 1.54) is 0 Å². The lowest BCUT2D eigenvalue weighted by molar-refractivity contribution is 0.00153. The minimum absolute atomic E-state index is 0.0443. The summed E-state index contributed by atoms with van der Waals surface area (Å²) in [5.41, 5.74) is -0.765. The van der Waals surface area contributed by atoms with Gasteiger partial charge in [-0.3, -0.25) is 0 Å². The van der Waals surface area contributed by atoms with Crippen LogP contribution in [-0.2, 0) is 13.9 Å². The van der Waals surface area contributed by atoms with E-state index >= 15 is 0 Å². The van der Waals surface area contributed by atoms with E-state index in [4.69, 9.17) is 24.1 Å². The molecule has 0 aliphatic heterocycles. The molecule has 0 aromatic rings. The Bertz CT molecular complexity index is 339. The van der Waals surface area contributed by atoms with Crippen LogP contribution in [0.1, 0.15) is 34.6 Å². The van der Waals surface area contributed by atoms with Crippen molar-refractivity contribution in [2.45, 2.75) is 52.8 Å². The number of aliphatic hydroxyl groups excluding tert-OH is 3. The van der Waals surface area contributed by atoms with Crippen molar-refractivity contribution in [3.63, 3.8) is 0 Å². The first kappa shape index (κ1) is 27.2. The molecule has 154 valence electrons. The second kappa shape index (κ2) is 11.6. The van der Waals surface area contributed by atoms with E-state index in [2.05, 4.69) is 33.9 Å². The van der Waals surface area contributed by atoms with Crippen LogP contribution in [0.25, 0.3) is 0 Å². The van der Waals surface area contributed by atoms with Crippen LogP contribution in [0.3, 0.4) is 0 Å². The van der Waals surface area contributed by atoms with E-state index in [0.29, 0.717) is 19.8 Å². The molecule has 0 radical (unpaired) electrons. The van der Waals surface area contributed by atoms with Crippen LogP contribution in [-0.4, -0.2) is 77.5 Å². The van der Waals surface area contributed by atoms with Gasteiger partial charge in [-0.25, -0.2) is 0 Å². The Kier molecular flexibility index (Phi) is 12.7. The third-order valence-electron chi connectivity index (χ3n) is 4.72. The summed E-state index contributed by atoms with van der Waals surface area (Å²) in [6.45, 7) is 16.3. The summed E-state index contributed by atoms with van der Waals surface area (Å²) in [5.74, 6) is 0. The Labute approximate surface area is 155 Å². The molecule has 1 atom stereocenters. The van der Waals surface area contributed by atoms with E-state index < -0.39 is 13.7 Å². The van der Waals surface area contributed by atoms with Gasteiger partial charge >= 0.3 is 0 Å². The molecular formula is C18H42O6Si. The summed E-state index contributed by atoms with van der Waals surface area (Å²) in [6.07, 6.45) is 0. The smallest absolute Gasteiger partial charge is 0.192 e. The monoisotopic (exact) mass is 382 g/mol. The zero-order valence-corrected chi connectivity index (χ0v) is 18.8. The van der Waals surface area contributed by atoms with Crippen molar-refractivity contribution in [2.75, 3.05) is 53.9 Å². The maximum Gasteiger partial charge on any atom is 0.192 e. The average Bonchev–Trinajstić information content (AvgIpc) is 2.53. The first-order valence-electron chi connectivity index (χ1n) is 8.71. The van der Waals surface area contributed by atoms with Crippen LogP contribution in [0.15, 0.2) is 0 Å². The van der Waals surface area contributed by atoms with Crippen LogP contribution in [0.2, 0.25) is 18.1 Å². The van der Waals surface area contributed by atoms with E-state index in [9.17, 15) is 5.11 Å². The molecule has 0 bridgehead atoms. The number of ether oxygens (including phenoxy) is 2. The molecule has 0 aromatic heterocycles. The van der Waals surface area contributed by atoms with Gasteiger partial charge in [0, 0.05) is 31.7 Å². The van der Waals surface area contributed by atoms with Gasteiger partial charge in [0.05, 0.1) is 33.0 Å². The predicted octanol–water partition coefficient (Wildman–Crippen LogP) is 2.28. The molecule has 6 nitrogen and oxygen atoms in total. The van der Waals surface area contributed by atoms with Crippen molar-refractivity contribution in [1.82, 2.24) is 0 Å². The highest BCUT2D eigenvalue weighted by molar-refractivity contribution is 6.74. The van der Waals surface area contributed by atoms with Crippen molar-refractivity contribution >= 4 is 8.32 Å². The maximum absolute atomic E-state index is 9.37. The average molecular weight is 383 g/mol. The number of aliphatic hydroxyl groups is 3. The second-order valence-electron chi connectivity index (χ2n) is 9.01. The number of rotatable bonds is 10. The van der Waals surface area contributed by atoms with Crippen LogP contribution in [0.4, 0.5) is 0 Å². The molecule has 7 heteroatoms. The first-order chi connectivity index (χ1) is 11.3. The Morgan fingerprint density at radius 3 is 1.28 bits per heavy atom. The van der Waals surface area contributed by atoms with Gasteiger partial charge in [0.2, 0.25) is 0 Å². The van der Waals surface area contributed by atoms with E-state index in [-0.39, 0.29) is 30.3 Å². The van der Waals surface area contributed by atoms with Gasteiger partial charge in [0.1, 0.15) is 0 Å². The van der Waals surface area contributed by atoms with Crippen LogP contribution in [0, 0.1) is 10.8 Å². The Balaban J connectivity index is 0. The molecule has 0 amide bonds. The van der Waals surface area contributed by atoms with E-state index in [1.54, 1.807) is 21.1 Å². The molecule has 1 unspecified atom stereocenters. The summed E-state index contributed by atoms with van der Waals surface area (Å²) in [4.78, 5) is 0. The summed E-state index contributed by atoms with van der Waals surface area (Å²) < 4.78 is 16.0. The SMILES string of the molecule is COCC(C)(CO)CO.COCC(C)(CO)CO[Si](C)(C)C(C)(C)C. The standard InChI is InChI=1S/C12H28O3Si.C6H14O3/c1-11(2,3)16(6,7)15-10-12(4,8-13)9-14-5;1-6(3-7,4-8)5-9-2/h13H,8-10H2,1-7H3;7-8H,3-5H2,1-2H3. The van der Waals surface area contributed by atoms with Crippen LogP contribution in [0.5, 0.6) is 0 Å². The van der Waals surface area contributed by atoms with E-state index in [1.807, 2.05) is 6.92 Å². The highest BCUT2D eigenvalue weighted by Crippen LogP contribution is 2.37. The lowest BCUT2D eigenvalue weighted by Gasteiger charge is -2.39. The van der Waals surface area contributed by atoms with Gasteiger partial charge in [-0.1, -0.05) is 34.6 Å². The summed E-state index contributed by atoms with van der Waals surface area (Å²) in [5, 5.41) is 26.9. The highest BCUT2D eigenvalue weighted by Gasteiger charge is 2.39. The van der Waals surface area contributed by atoms with Gasteiger partial charge in [0.15, 0.2) is 8.32 Å². The molecule has 0 saturated heterocycles. The molecule has 0 aromatic carbocycles. The van der Waals surface area contributed by atoms with Crippen molar-refractivity contribution in [1.29, 1.82) is 0 Å². The van der Waals surface area contributed by atoms with Gasteiger partial charge in [-0.2, -0.15) is 0 Å². The minimum Gasteiger partial charge on any atom is -0.416 e. The molecular weight excluding hydrogens is 340 g/mol. The lowest BCUT2D eigenvalue weighted by Crippen LogP contribution is -2.45. The number of hydrogen-bond acceptors (Lipinski definition) is 6. The van der Waals surface area contributed by atoms with Crippen molar-refractivity contribution < 1.29 is 29.2 Å². The third-order valence-corrected chi connectivity index (χ3v) is 9.20. The van der Waals surface area contributed by atoms with Gasteiger partial charge in [-0.05, 0) is 18.1 Å². The highest BCUT2D eigenvalue weighted by atomic mass is 28.4. The molecule has 0 fully saturated rings. The molecule has 3 N–H and O–H groups in total. The minimum atomic E-state index is -1.73. The number of hydrogen-bond donors (Lipinski definition) is 3. The fourth-order valence-corrected chi connectivity index (χ4v) is 2.68. The summed E-state index contributed by atoms with van der Waals surface area (Å²) >= 11 is 0. The van der Waals surface area contributed by atoms with Crippen LogP contribution < -0.4 is 0 Å².